The SMILES string of the molecule is COc1cc(CNC2CCN(C3CC3)CC2)c(-c2ccccc2)cc1OC. The molecule has 2 aromatic carbocycles. The lowest BCUT2D eigenvalue weighted by atomic mass is 9.97. The lowest BCUT2D eigenvalue weighted by molar-refractivity contribution is 0.189. The first-order valence-electron chi connectivity index (χ1n) is 10.1. The van der Waals surface area contributed by atoms with Crippen molar-refractivity contribution < 1.29 is 9.47 Å². The minimum absolute atomic E-state index is 0.594. The Morgan fingerprint density at radius 3 is 2.22 bits per heavy atom. The zero-order valence-corrected chi connectivity index (χ0v) is 16.4. The van der Waals surface area contributed by atoms with E-state index in [1.165, 1.54) is 55.5 Å². The normalized spacial score (nSPS) is 18.4. The van der Waals surface area contributed by atoms with Gasteiger partial charge in [0, 0.05) is 18.6 Å². The summed E-state index contributed by atoms with van der Waals surface area (Å²) in [6.07, 6.45) is 5.29. The summed E-state index contributed by atoms with van der Waals surface area (Å²) in [5.41, 5.74) is 3.67. The summed E-state index contributed by atoms with van der Waals surface area (Å²) < 4.78 is 11.1. The number of methoxy groups -OCH3 is 2. The number of hydrogen-bond acceptors (Lipinski definition) is 4. The van der Waals surface area contributed by atoms with E-state index in [1.807, 2.05) is 0 Å². The summed E-state index contributed by atoms with van der Waals surface area (Å²) in [6.45, 7) is 3.32. The molecular formula is C23H30N2O2. The second-order valence-corrected chi connectivity index (χ2v) is 7.65. The van der Waals surface area contributed by atoms with Crippen LogP contribution in [0.2, 0.25) is 0 Å². The average Bonchev–Trinajstić information content (AvgIpc) is 3.58. The molecule has 0 atom stereocenters. The van der Waals surface area contributed by atoms with Crippen LogP contribution in [0.1, 0.15) is 31.2 Å². The van der Waals surface area contributed by atoms with E-state index < -0.39 is 0 Å². The Kier molecular flexibility index (Phi) is 5.65. The van der Waals surface area contributed by atoms with Crippen molar-refractivity contribution in [3.8, 4) is 22.6 Å². The standard InChI is InChI=1S/C23H30N2O2/c1-26-22-14-18(16-24-19-10-12-25(13-11-19)20-8-9-20)21(15-23(22)27-2)17-6-4-3-5-7-17/h3-7,14-15,19-20,24H,8-13,16H2,1-2H3. The molecule has 4 heteroatoms. The van der Waals surface area contributed by atoms with Crippen LogP contribution in [-0.2, 0) is 6.54 Å². The van der Waals surface area contributed by atoms with E-state index in [0.717, 1.165) is 24.1 Å². The van der Waals surface area contributed by atoms with Gasteiger partial charge in [-0.1, -0.05) is 30.3 Å². The maximum absolute atomic E-state index is 5.55. The van der Waals surface area contributed by atoms with Crippen LogP contribution >= 0.6 is 0 Å². The molecule has 4 rings (SSSR count). The molecule has 0 bridgehead atoms. The van der Waals surface area contributed by atoms with Gasteiger partial charge in [0.25, 0.3) is 0 Å². The molecule has 0 amide bonds. The predicted molar refractivity (Wildman–Crippen MR) is 109 cm³/mol. The topological polar surface area (TPSA) is 33.7 Å². The first-order valence-corrected chi connectivity index (χ1v) is 10.1. The van der Waals surface area contributed by atoms with Gasteiger partial charge in [0.05, 0.1) is 14.2 Å². The fraction of sp³-hybridized carbons (Fsp3) is 0.478. The van der Waals surface area contributed by atoms with E-state index in [9.17, 15) is 0 Å². The number of likely N-dealkylation sites (tertiary alicyclic amines) is 1. The van der Waals surface area contributed by atoms with E-state index in [1.54, 1.807) is 14.2 Å². The minimum Gasteiger partial charge on any atom is -0.493 e. The number of rotatable bonds is 7. The van der Waals surface area contributed by atoms with Crippen molar-refractivity contribution in [2.75, 3.05) is 27.3 Å². The predicted octanol–water partition coefficient (Wildman–Crippen LogP) is 4.09. The third-order valence-corrected chi connectivity index (χ3v) is 5.87. The van der Waals surface area contributed by atoms with Gasteiger partial charge in [0.1, 0.15) is 0 Å². The van der Waals surface area contributed by atoms with E-state index in [0.29, 0.717) is 6.04 Å². The van der Waals surface area contributed by atoms with Crippen molar-refractivity contribution in [3.63, 3.8) is 0 Å². The average molecular weight is 367 g/mol. The number of ether oxygens (including phenoxy) is 2. The summed E-state index contributed by atoms with van der Waals surface area (Å²) in [5, 5.41) is 3.79. The summed E-state index contributed by atoms with van der Waals surface area (Å²) in [6, 6.07) is 16.2. The first-order chi connectivity index (χ1) is 13.3. The summed E-state index contributed by atoms with van der Waals surface area (Å²) >= 11 is 0. The second kappa shape index (κ2) is 8.32. The molecule has 4 nitrogen and oxygen atoms in total. The number of nitrogens with zero attached hydrogens (tertiary/aromatic N) is 1. The van der Waals surface area contributed by atoms with Crippen molar-refractivity contribution in [2.24, 2.45) is 0 Å². The molecule has 0 spiro atoms. The molecule has 2 aromatic rings. The molecule has 27 heavy (non-hydrogen) atoms. The van der Waals surface area contributed by atoms with Crippen LogP contribution in [0.15, 0.2) is 42.5 Å². The summed E-state index contributed by atoms with van der Waals surface area (Å²) in [5.74, 6) is 1.57. The molecule has 1 aliphatic carbocycles. The van der Waals surface area contributed by atoms with Crippen LogP contribution in [0.5, 0.6) is 11.5 Å². The van der Waals surface area contributed by atoms with Gasteiger partial charge >= 0.3 is 0 Å². The van der Waals surface area contributed by atoms with E-state index in [2.05, 4.69) is 52.7 Å². The Balaban J connectivity index is 1.50. The Bertz CT molecular complexity index is 750. The Hall–Kier alpha value is -2.04. The molecule has 0 radical (unpaired) electrons. The van der Waals surface area contributed by atoms with Gasteiger partial charge in [-0.25, -0.2) is 0 Å². The van der Waals surface area contributed by atoms with Gasteiger partial charge in [0.2, 0.25) is 0 Å². The van der Waals surface area contributed by atoms with Gasteiger partial charge in [-0.3, -0.25) is 0 Å². The molecule has 0 aromatic heterocycles. The maximum Gasteiger partial charge on any atom is 0.161 e. The molecule has 2 fully saturated rings. The van der Waals surface area contributed by atoms with Gasteiger partial charge in [-0.15, -0.1) is 0 Å². The fourth-order valence-electron chi connectivity index (χ4n) is 4.12. The van der Waals surface area contributed by atoms with Crippen molar-refractivity contribution in [1.82, 2.24) is 10.2 Å². The molecule has 2 aliphatic rings. The molecule has 0 unspecified atom stereocenters. The second-order valence-electron chi connectivity index (χ2n) is 7.65. The molecule has 1 aliphatic heterocycles. The van der Waals surface area contributed by atoms with E-state index in [-0.39, 0.29) is 0 Å². The maximum atomic E-state index is 5.55. The van der Waals surface area contributed by atoms with Crippen LogP contribution in [0.25, 0.3) is 11.1 Å². The first kappa shape index (κ1) is 18.3. The monoisotopic (exact) mass is 366 g/mol. The molecule has 1 N–H and O–H groups in total. The fourth-order valence-corrected chi connectivity index (χ4v) is 4.12. The van der Waals surface area contributed by atoms with Crippen molar-refractivity contribution >= 4 is 0 Å². The minimum atomic E-state index is 0.594. The third-order valence-electron chi connectivity index (χ3n) is 5.87. The van der Waals surface area contributed by atoms with Gasteiger partial charge in [0.15, 0.2) is 11.5 Å². The molecule has 1 saturated carbocycles. The zero-order valence-electron chi connectivity index (χ0n) is 16.4. The molecule has 1 heterocycles. The quantitative estimate of drug-likeness (QED) is 0.800. The highest BCUT2D eigenvalue weighted by atomic mass is 16.5. The zero-order chi connectivity index (χ0) is 18.6. The lowest BCUT2D eigenvalue weighted by Gasteiger charge is -2.32. The van der Waals surface area contributed by atoms with Crippen LogP contribution in [0.4, 0.5) is 0 Å². The Labute approximate surface area is 162 Å². The van der Waals surface area contributed by atoms with Gasteiger partial charge in [-0.05, 0) is 67.6 Å². The van der Waals surface area contributed by atoms with Crippen LogP contribution in [0, 0.1) is 0 Å². The summed E-state index contributed by atoms with van der Waals surface area (Å²) in [7, 11) is 3.39. The largest absolute Gasteiger partial charge is 0.493 e. The number of piperidine rings is 1. The van der Waals surface area contributed by atoms with E-state index in [4.69, 9.17) is 9.47 Å². The van der Waals surface area contributed by atoms with Gasteiger partial charge < -0.3 is 19.7 Å². The highest BCUT2D eigenvalue weighted by Crippen LogP contribution is 2.36. The van der Waals surface area contributed by atoms with Crippen molar-refractivity contribution in [3.05, 3.63) is 48.0 Å². The van der Waals surface area contributed by atoms with Crippen LogP contribution < -0.4 is 14.8 Å². The lowest BCUT2D eigenvalue weighted by Crippen LogP contribution is -2.43. The smallest absolute Gasteiger partial charge is 0.161 e. The van der Waals surface area contributed by atoms with Crippen LogP contribution in [-0.4, -0.2) is 44.3 Å². The highest BCUT2D eigenvalue weighted by molar-refractivity contribution is 5.71. The molecular weight excluding hydrogens is 336 g/mol. The number of hydrogen-bond donors (Lipinski definition) is 1. The Morgan fingerprint density at radius 2 is 1.59 bits per heavy atom. The van der Waals surface area contributed by atoms with Gasteiger partial charge in [-0.2, -0.15) is 0 Å². The van der Waals surface area contributed by atoms with Crippen molar-refractivity contribution in [2.45, 2.75) is 44.3 Å². The number of nitrogens with one attached hydrogen (secondary N) is 1. The molecule has 144 valence electrons. The molecule has 1 saturated heterocycles. The summed E-state index contributed by atoms with van der Waals surface area (Å²) in [4.78, 5) is 2.67. The van der Waals surface area contributed by atoms with Crippen molar-refractivity contribution in [1.29, 1.82) is 0 Å². The third kappa shape index (κ3) is 4.28. The highest BCUT2D eigenvalue weighted by Gasteiger charge is 2.31. The van der Waals surface area contributed by atoms with Crippen LogP contribution in [0.3, 0.4) is 0 Å². The van der Waals surface area contributed by atoms with E-state index >= 15 is 0 Å². The number of benzene rings is 2. The Morgan fingerprint density at radius 1 is 0.926 bits per heavy atom.